The molecular formula is C52H71N7O7. The maximum absolute atomic E-state index is 14.1. The first-order chi connectivity index (χ1) is 31.6. The monoisotopic (exact) mass is 906 g/mol. The summed E-state index contributed by atoms with van der Waals surface area (Å²) in [6, 6.07) is 15.3. The molecule has 14 heteroatoms. The number of methoxy groups -OCH3 is 1. The van der Waals surface area contributed by atoms with Crippen molar-refractivity contribution in [2.75, 3.05) is 46.9 Å². The fraction of sp³-hybridized carbons (Fsp3) is 0.500. The minimum absolute atomic E-state index is 0.0764. The number of benzene rings is 2. The molecular weight excluding hydrogens is 835 g/mol. The van der Waals surface area contributed by atoms with Crippen LogP contribution in [-0.4, -0.2) is 114 Å². The molecule has 0 spiro atoms. The second-order valence-electron chi connectivity index (χ2n) is 18.6. The summed E-state index contributed by atoms with van der Waals surface area (Å²) >= 11 is 0. The number of pyridine rings is 1. The molecule has 4 heterocycles. The Bertz CT molecular complexity index is 2330. The highest BCUT2D eigenvalue weighted by Crippen LogP contribution is 2.42. The van der Waals surface area contributed by atoms with E-state index in [-0.39, 0.29) is 48.2 Å². The quantitative estimate of drug-likeness (QED) is 0.0734. The number of hydrogen-bond donors (Lipinski definition) is 2. The van der Waals surface area contributed by atoms with Crippen molar-refractivity contribution < 1.29 is 33.4 Å². The Morgan fingerprint density at radius 3 is 2.35 bits per heavy atom. The highest BCUT2D eigenvalue weighted by Gasteiger charge is 2.33. The molecule has 2 fully saturated rings. The lowest BCUT2D eigenvalue weighted by molar-refractivity contribution is -0.142. The van der Waals surface area contributed by atoms with Crippen LogP contribution < -0.4 is 10.7 Å². The lowest BCUT2D eigenvalue weighted by Gasteiger charge is -2.33. The third-order valence-corrected chi connectivity index (χ3v) is 12.5. The smallest absolute Gasteiger partial charge is 0.293 e. The van der Waals surface area contributed by atoms with Crippen LogP contribution in [0.4, 0.5) is 0 Å². The SMILES string of the molecule is C=CC(=O)N1CCCC1.CCn1c(-c2cccnc2C(C)OC)c(CC(C)(C)COC=O)c2cc(-c3cc(C)cc(CC(NC(=O)C(C(C)C)N(C)C=O)C(=O)N4CCCCN4)c3)ccc21. The van der Waals surface area contributed by atoms with Gasteiger partial charge in [0.05, 0.1) is 24.1 Å². The van der Waals surface area contributed by atoms with E-state index in [1.54, 1.807) is 25.4 Å². The average Bonchev–Trinajstić information content (AvgIpc) is 3.96. The van der Waals surface area contributed by atoms with Crippen molar-refractivity contribution in [1.29, 1.82) is 0 Å². The second-order valence-corrected chi connectivity index (χ2v) is 18.6. The number of ether oxygens (including phenoxy) is 2. The largest absolute Gasteiger partial charge is 0.467 e. The fourth-order valence-electron chi connectivity index (χ4n) is 9.26. The lowest BCUT2D eigenvalue weighted by Crippen LogP contribution is -2.58. The van der Waals surface area contributed by atoms with Crippen molar-refractivity contribution in [2.45, 2.75) is 112 Å². The van der Waals surface area contributed by atoms with Crippen LogP contribution in [-0.2, 0) is 52.8 Å². The maximum Gasteiger partial charge on any atom is 0.293 e. The number of likely N-dealkylation sites (tertiary alicyclic amines) is 1. The number of rotatable bonds is 19. The summed E-state index contributed by atoms with van der Waals surface area (Å²) in [6.07, 6.45) is 8.62. The molecule has 0 aliphatic carbocycles. The van der Waals surface area contributed by atoms with Crippen molar-refractivity contribution in [2.24, 2.45) is 11.3 Å². The van der Waals surface area contributed by atoms with Crippen molar-refractivity contribution >= 4 is 41.5 Å². The molecule has 2 saturated heterocycles. The molecule has 6 rings (SSSR count). The van der Waals surface area contributed by atoms with Gasteiger partial charge in [-0.15, -0.1) is 0 Å². The number of aryl methyl sites for hydroxylation is 2. The topological polar surface area (TPSA) is 155 Å². The van der Waals surface area contributed by atoms with Crippen LogP contribution in [0.3, 0.4) is 0 Å². The van der Waals surface area contributed by atoms with Gasteiger partial charge in [-0.25, -0.2) is 5.43 Å². The number of aromatic nitrogens is 2. The standard InChI is InChI=1S/C45H60N6O6.C7H11NO/c1-10-50-39-16-15-33(24-36(39)37(25-45(6,7)26-57-28-53)42(50)35-14-13-17-46-40(35)31(5)56-9)34-21-30(4)20-32(22-34)23-38(44(55)51-19-12-11-18-47-51)48-43(54)41(29(2)3)49(8)27-52;1-2-7(9)8-5-3-4-6-8/h13-17,20-22,24,27-29,31,38,41,47H,10-12,18-19,23,25-26H2,1-9H3,(H,48,54);2H,1,3-6H2. The summed E-state index contributed by atoms with van der Waals surface area (Å²) in [6.45, 7) is 22.1. The number of carbonyl (C=O) groups is 5. The Balaban J connectivity index is 0.000000809. The normalized spacial score (nSPS) is 15.4. The van der Waals surface area contributed by atoms with Crippen LogP contribution in [0, 0.1) is 18.3 Å². The van der Waals surface area contributed by atoms with Crippen molar-refractivity contribution in [3.05, 3.63) is 89.8 Å². The third kappa shape index (κ3) is 12.5. The number of carbonyl (C=O) groups excluding carboxylic acids is 5. The molecule has 0 saturated carbocycles. The van der Waals surface area contributed by atoms with E-state index >= 15 is 0 Å². The number of amides is 4. The molecule has 2 N–H and O–H groups in total. The molecule has 0 bridgehead atoms. The Kier molecular flexibility index (Phi) is 18.2. The molecule has 2 aromatic carbocycles. The number of hydrazine groups is 1. The van der Waals surface area contributed by atoms with Gasteiger partial charge >= 0.3 is 0 Å². The lowest BCUT2D eigenvalue weighted by atomic mass is 9.84. The number of nitrogens with one attached hydrogen (secondary N) is 2. The highest BCUT2D eigenvalue weighted by atomic mass is 16.5. The van der Waals surface area contributed by atoms with E-state index in [0.717, 1.165) is 94.4 Å². The minimum atomic E-state index is -0.853. The Morgan fingerprint density at radius 2 is 1.73 bits per heavy atom. The van der Waals surface area contributed by atoms with Gasteiger partial charge in [0.15, 0.2) is 0 Å². The van der Waals surface area contributed by atoms with Gasteiger partial charge in [0.1, 0.15) is 12.1 Å². The Morgan fingerprint density at radius 1 is 1.00 bits per heavy atom. The van der Waals surface area contributed by atoms with E-state index in [9.17, 15) is 24.0 Å². The van der Waals surface area contributed by atoms with Crippen LogP contribution in [0.2, 0.25) is 0 Å². The highest BCUT2D eigenvalue weighted by molar-refractivity contribution is 5.95. The van der Waals surface area contributed by atoms with E-state index < -0.39 is 12.1 Å². The predicted molar refractivity (Wildman–Crippen MR) is 259 cm³/mol. The molecule has 14 nitrogen and oxygen atoms in total. The molecule has 2 aromatic heterocycles. The number of fused-ring (bicyclic) bond motifs is 1. The molecule has 356 valence electrons. The zero-order valence-electron chi connectivity index (χ0n) is 40.5. The van der Waals surface area contributed by atoms with Gasteiger partial charge in [0.25, 0.3) is 12.4 Å². The minimum Gasteiger partial charge on any atom is -0.467 e. The summed E-state index contributed by atoms with van der Waals surface area (Å²) in [5, 5.41) is 5.74. The summed E-state index contributed by atoms with van der Waals surface area (Å²) in [5.41, 5.74) is 11.8. The van der Waals surface area contributed by atoms with Crippen LogP contribution in [0.15, 0.2) is 67.4 Å². The van der Waals surface area contributed by atoms with Crippen LogP contribution in [0.25, 0.3) is 33.3 Å². The zero-order chi connectivity index (χ0) is 48.1. The first kappa shape index (κ1) is 51.1. The predicted octanol–water partition coefficient (Wildman–Crippen LogP) is 7.21. The molecule has 4 aromatic rings. The van der Waals surface area contributed by atoms with E-state index in [0.29, 0.717) is 38.9 Å². The summed E-state index contributed by atoms with van der Waals surface area (Å²) < 4.78 is 13.4. The van der Waals surface area contributed by atoms with Crippen LogP contribution in [0.5, 0.6) is 0 Å². The van der Waals surface area contributed by atoms with E-state index in [1.807, 2.05) is 38.7 Å². The average molecular weight is 906 g/mol. The zero-order valence-corrected chi connectivity index (χ0v) is 40.5. The van der Waals surface area contributed by atoms with Gasteiger partial charge in [-0.2, -0.15) is 0 Å². The Labute approximate surface area is 391 Å². The number of hydrogen-bond acceptors (Lipinski definition) is 9. The number of nitrogens with zero attached hydrogens (tertiary/aromatic N) is 5. The summed E-state index contributed by atoms with van der Waals surface area (Å²) in [7, 11) is 3.27. The van der Waals surface area contributed by atoms with E-state index in [2.05, 4.69) is 85.1 Å². The van der Waals surface area contributed by atoms with E-state index in [1.165, 1.54) is 11.0 Å². The van der Waals surface area contributed by atoms with Crippen molar-refractivity contribution in [1.82, 2.24) is 35.1 Å². The van der Waals surface area contributed by atoms with Gasteiger partial charge in [-0.05, 0) is 111 Å². The molecule has 2 aliphatic heterocycles. The van der Waals surface area contributed by atoms with Gasteiger partial charge < -0.3 is 29.2 Å². The van der Waals surface area contributed by atoms with E-state index in [4.69, 9.17) is 14.5 Å². The molecule has 4 amide bonds. The Hall–Kier alpha value is -5.86. The fourth-order valence-corrected chi connectivity index (χ4v) is 9.26. The number of likely N-dealkylation sites (N-methyl/N-ethyl adjacent to an activating group) is 1. The van der Waals surface area contributed by atoms with Gasteiger partial charge in [-0.3, -0.25) is 34.0 Å². The molecule has 0 radical (unpaired) electrons. The van der Waals surface area contributed by atoms with Gasteiger partial charge in [0.2, 0.25) is 18.2 Å². The van der Waals surface area contributed by atoms with Crippen molar-refractivity contribution in [3.63, 3.8) is 0 Å². The molecule has 3 unspecified atom stereocenters. The molecule has 2 aliphatic rings. The first-order valence-electron chi connectivity index (χ1n) is 23.3. The second kappa shape index (κ2) is 23.5. The summed E-state index contributed by atoms with van der Waals surface area (Å²) in [4.78, 5) is 69.6. The first-order valence-corrected chi connectivity index (χ1v) is 23.3. The third-order valence-electron chi connectivity index (χ3n) is 12.5. The van der Waals surface area contributed by atoms with Gasteiger partial charge in [0, 0.05) is 81.4 Å². The van der Waals surface area contributed by atoms with Crippen LogP contribution in [0.1, 0.15) is 95.7 Å². The summed E-state index contributed by atoms with van der Waals surface area (Å²) in [5.74, 6) is -0.655. The maximum atomic E-state index is 14.1. The van der Waals surface area contributed by atoms with Crippen LogP contribution >= 0.6 is 0 Å². The molecule has 66 heavy (non-hydrogen) atoms. The van der Waals surface area contributed by atoms with Gasteiger partial charge in [-0.1, -0.05) is 64.1 Å². The van der Waals surface area contributed by atoms with Crippen molar-refractivity contribution in [3.8, 4) is 22.4 Å². The molecule has 3 atom stereocenters.